The molecule has 0 aromatic carbocycles. The lowest BCUT2D eigenvalue weighted by atomic mass is 9.87. The molecule has 0 aliphatic carbocycles. The van der Waals surface area contributed by atoms with Gasteiger partial charge < -0.3 is 9.84 Å². The van der Waals surface area contributed by atoms with E-state index in [0.29, 0.717) is 17.8 Å². The van der Waals surface area contributed by atoms with Gasteiger partial charge in [-0.15, -0.1) is 0 Å². The van der Waals surface area contributed by atoms with Crippen LogP contribution in [0.3, 0.4) is 0 Å². The molecule has 17 heavy (non-hydrogen) atoms. The van der Waals surface area contributed by atoms with Gasteiger partial charge in [0.2, 0.25) is 6.41 Å². The highest BCUT2D eigenvalue weighted by molar-refractivity contribution is 4.71. The molecule has 3 atom stereocenters. The summed E-state index contributed by atoms with van der Waals surface area (Å²) in [5.74, 6) is 1.60. The molecule has 0 spiro atoms. The van der Waals surface area contributed by atoms with Crippen molar-refractivity contribution in [1.29, 1.82) is 0 Å². The predicted octanol–water partition coefficient (Wildman–Crippen LogP) is 2.99. The van der Waals surface area contributed by atoms with Gasteiger partial charge in [-0.1, -0.05) is 41.5 Å². The summed E-state index contributed by atoms with van der Waals surface area (Å²) < 4.78 is 5.73. The summed E-state index contributed by atoms with van der Waals surface area (Å²) in [4.78, 5) is 0. The van der Waals surface area contributed by atoms with Crippen LogP contribution >= 0.6 is 0 Å². The Morgan fingerprint density at radius 3 is 2.12 bits per heavy atom. The zero-order chi connectivity index (χ0) is 13.4. The average molecular weight is 245 g/mol. The van der Waals surface area contributed by atoms with E-state index in [9.17, 15) is 5.11 Å². The van der Waals surface area contributed by atoms with E-state index in [2.05, 4.69) is 46.9 Å². The standard InChI is InChI=1S/C14H31NO2/c1-7-8-15-14(16)17-13(9-10(2)3)12(6)11(4)5/h10-16H,7-9H2,1-6H3/t12-,13+,14-/m0/s1. The van der Waals surface area contributed by atoms with Crippen LogP contribution in [-0.4, -0.2) is 24.2 Å². The van der Waals surface area contributed by atoms with E-state index in [4.69, 9.17) is 4.74 Å². The molecule has 0 aromatic heterocycles. The summed E-state index contributed by atoms with van der Waals surface area (Å²) in [5, 5.41) is 12.7. The molecule has 2 N–H and O–H groups in total. The van der Waals surface area contributed by atoms with Gasteiger partial charge in [0.25, 0.3) is 0 Å². The molecule has 0 radical (unpaired) electrons. The number of nitrogens with one attached hydrogen (secondary N) is 1. The van der Waals surface area contributed by atoms with Gasteiger partial charge in [0, 0.05) is 0 Å². The van der Waals surface area contributed by atoms with Crippen LogP contribution in [0.4, 0.5) is 0 Å². The normalized spacial score (nSPS) is 17.5. The highest BCUT2D eigenvalue weighted by Gasteiger charge is 2.24. The number of hydrogen-bond acceptors (Lipinski definition) is 3. The third-order valence-electron chi connectivity index (χ3n) is 3.21. The van der Waals surface area contributed by atoms with Gasteiger partial charge in [0.1, 0.15) is 0 Å². The minimum Gasteiger partial charge on any atom is -0.356 e. The smallest absolute Gasteiger partial charge is 0.213 e. The summed E-state index contributed by atoms with van der Waals surface area (Å²) in [6.07, 6.45) is 1.27. The van der Waals surface area contributed by atoms with Gasteiger partial charge in [-0.2, -0.15) is 0 Å². The molecule has 0 bridgehead atoms. The van der Waals surface area contributed by atoms with Crippen molar-refractivity contribution in [3.63, 3.8) is 0 Å². The number of rotatable bonds is 9. The van der Waals surface area contributed by atoms with E-state index in [-0.39, 0.29) is 6.10 Å². The summed E-state index contributed by atoms with van der Waals surface area (Å²) in [5.41, 5.74) is 0. The number of aliphatic hydroxyl groups is 1. The van der Waals surface area contributed by atoms with Crippen LogP contribution < -0.4 is 5.32 Å². The first-order valence-corrected chi connectivity index (χ1v) is 6.95. The van der Waals surface area contributed by atoms with Gasteiger partial charge in [-0.3, -0.25) is 5.32 Å². The molecule has 0 aliphatic rings. The number of hydrogen-bond donors (Lipinski definition) is 2. The highest BCUT2D eigenvalue weighted by atomic mass is 16.6. The topological polar surface area (TPSA) is 41.5 Å². The lowest BCUT2D eigenvalue weighted by Gasteiger charge is -2.30. The van der Waals surface area contributed by atoms with Crippen molar-refractivity contribution in [2.45, 2.75) is 66.9 Å². The minimum absolute atomic E-state index is 0.120. The maximum absolute atomic E-state index is 9.76. The van der Waals surface area contributed by atoms with Crippen LogP contribution in [0.5, 0.6) is 0 Å². The van der Waals surface area contributed by atoms with Crippen molar-refractivity contribution < 1.29 is 9.84 Å². The van der Waals surface area contributed by atoms with Crippen molar-refractivity contribution in [2.24, 2.45) is 17.8 Å². The average Bonchev–Trinajstić information content (AvgIpc) is 2.23. The molecule has 3 heteroatoms. The van der Waals surface area contributed by atoms with Crippen LogP contribution in [0, 0.1) is 17.8 Å². The quantitative estimate of drug-likeness (QED) is 0.614. The third kappa shape index (κ3) is 7.74. The van der Waals surface area contributed by atoms with Crippen LogP contribution in [0.15, 0.2) is 0 Å². The first-order chi connectivity index (χ1) is 7.88. The Morgan fingerprint density at radius 1 is 1.12 bits per heavy atom. The largest absolute Gasteiger partial charge is 0.356 e. The Balaban J connectivity index is 4.27. The van der Waals surface area contributed by atoms with E-state index in [0.717, 1.165) is 19.4 Å². The Hall–Kier alpha value is -0.120. The van der Waals surface area contributed by atoms with E-state index in [1.165, 1.54) is 0 Å². The molecular weight excluding hydrogens is 214 g/mol. The minimum atomic E-state index is -0.833. The van der Waals surface area contributed by atoms with Crippen molar-refractivity contribution >= 4 is 0 Å². The zero-order valence-electron chi connectivity index (χ0n) is 12.4. The van der Waals surface area contributed by atoms with E-state index in [1.54, 1.807) is 0 Å². The number of ether oxygens (including phenoxy) is 1. The van der Waals surface area contributed by atoms with Crippen LogP contribution in [0.2, 0.25) is 0 Å². The Bertz CT molecular complexity index is 183. The molecule has 0 unspecified atom stereocenters. The van der Waals surface area contributed by atoms with Crippen LogP contribution in [-0.2, 0) is 4.74 Å². The lowest BCUT2D eigenvalue weighted by molar-refractivity contribution is -0.173. The highest BCUT2D eigenvalue weighted by Crippen LogP contribution is 2.23. The van der Waals surface area contributed by atoms with Gasteiger partial charge in [-0.05, 0) is 37.1 Å². The third-order valence-corrected chi connectivity index (χ3v) is 3.21. The Labute approximate surface area is 107 Å². The van der Waals surface area contributed by atoms with Gasteiger partial charge in [0.15, 0.2) is 0 Å². The second kappa shape index (κ2) is 8.90. The number of aliphatic hydroxyl groups excluding tert-OH is 1. The Morgan fingerprint density at radius 2 is 1.71 bits per heavy atom. The van der Waals surface area contributed by atoms with Crippen molar-refractivity contribution in [2.75, 3.05) is 6.54 Å². The molecule has 104 valence electrons. The van der Waals surface area contributed by atoms with Crippen molar-refractivity contribution in [3.8, 4) is 0 Å². The first-order valence-electron chi connectivity index (χ1n) is 6.95. The fourth-order valence-electron chi connectivity index (χ4n) is 1.77. The molecule has 0 aliphatic heterocycles. The maximum atomic E-state index is 9.76. The second-order valence-electron chi connectivity index (χ2n) is 5.71. The molecule has 0 aromatic rings. The van der Waals surface area contributed by atoms with Gasteiger partial charge >= 0.3 is 0 Å². The molecular formula is C14H31NO2. The molecule has 0 saturated heterocycles. The van der Waals surface area contributed by atoms with E-state index in [1.807, 2.05) is 0 Å². The molecule has 0 amide bonds. The maximum Gasteiger partial charge on any atom is 0.213 e. The summed E-state index contributed by atoms with van der Waals surface area (Å²) in [6, 6.07) is 0. The SMILES string of the molecule is CCCN[C@@H](O)O[C@H](CC(C)C)[C@@H](C)C(C)C. The van der Waals surface area contributed by atoms with Crippen molar-refractivity contribution in [3.05, 3.63) is 0 Å². The van der Waals surface area contributed by atoms with Crippen molar-refractivity contribution in [1.82, 2.24) is 5.32 Å². The molecule has 0 saturated carbocycles. The predicted molar refractivity (Wildman–Crippen MR) is 72.6 cm³/mol. The van der Waals surface area contributed by atoms with E-state index >= 15 is 0 Å². The first kappa shape index (κ1) is 16.9. The Kier molecular flexibility index (Phi) is 8.83. The van der Waals surface area contributed by atoms with Crippen LogP contribution in [0.1, 0.15) is 54.4 Å². The fraction of sp³-hybridized carbons (Fsp3) is 1.00. The van der Waals surface area contributed by atoms with Gasteiger partial charge in [0.05, 0.1) is 6.10 Å². The summed E-state index contributed by atoms with van der Waals surface area (Å²) >= 11 is 0. The zero-order valence-corrected chi connectivity index (χ0v) is 12.4. The fourth-order valence-corrected chi connectivity index (χ4v) is 1.77. The molecule has 0 heterocycles. The molecule has 3 nitrogen and oxygen atoms in total. The summed E-state index contributed by atoms with van der Waals surface area (Å²) in [6.45, 7) is 13.8. The lowest BCUT2D eigenvalue weighted by Crippen LogP contribution is -2.39. The summed E-state index contributed by atoms with van der Waals surface area (Å²) in [7, 11) is 0. The molecule has 0 fully saturated rings. The molecule has 0 rings (SSSR count). The monoisotopic (exact) mass is 245 g/mol. The second-order valence-corrected chi connectivity index (χ2v) is 5.71. The van der Waals surface area contributed by atoms with Crippen LogP contribution in [0.25, 0.3) is 0 Å². The van der Waals surface area contributed by atoms with Gasteiger partial charge in [-0.25, -0.2) is 0 Å². The van der Waals surface area contributed by atoms with E-state index < -0.39 is 6.41 Å².